The lowest BCUT2D eigenvalue weighted by molar-refractivity contribution is 0.0738. The molecule has 0 fully saturated rings. The summed E-state index contributed by atoms with van der Waals surface area (Å²) in [6.07, 6.45) is 0.959. The van der Waals surface area contributed by atoms with Gasteiger partial charge in [0.15, 0.2) is 11.3 Å². The Bertz CT molecular complexity index is 1030. The first kappa shape index (κ1) is 17.6. The number of hydrogen-bond acceptors (Lipinski definition) is 5. The van der Waals surface area contributed by atoms with Crippen molar-refractivity contribution in [3.05, 3.63) is 35.3 Å². The van der Waals surface area contributed by atoms with E-state index in [0.29, 0.717) is 21.4 Å². The first-order chi connectivity index (χ1) is 12.3. The lowest BCUT2D eigenvalue weighted by Gasteiger charge is -2.17. The quantitative estimate of drug-likeness (QED) is 0.743. The van der Waals surface area contributed by atoms with Crippen LogP contribution in [0.3, 0.4) is 0 Å². The zero-order chi connectivity index (χ0) is 19.2. The van der Waals surface area contributed by atoms with E-state index in [2.05, 4.69) is 9.97 Å². The van der Waals surface area contributed by atoms with Crippen LogP contribution in [0.2, 0.25) is 0 Å². The average Bonchev–Trinajstić information content (AvgIpc) is 3.00. The van der Waals surface area contributed by atoms with Crippen LogP contribution >= 0.6 is 0 Å². The van der Waals surface area contributed by atoms with Crippen LogP contribution in [0, 0.1) is 13.8 Å². The molecule has 9 heteroatoms. The number of rotatable bonds is 4. The van der Waals surface area contributed by atoms with E-state index in [1.54, 1.807) is 19.1 Å². The van der Waals surface area contributed by atoms with Crippen LogP contribution in [0.15, 0.2) is 18.5 Å². The summed E-state index contributed by atoms with van der Waals surface area (Å²) in [5.74, 6) is -0.324. The number of anilines is 1. The third-order valence-corrected chi connectivity index (χ3v) is 4.28. The van der Waals surface area contributed by atoms with Gasteiger partial charge in [-0.3, -0.25) is 9.36 Å². The number of methoxy groups -OCH3 is 1. The highest BCUT2D eigenvalue weighted by Crippen LogP contribution is 2.41. The van der Waals surface area contributed by atoms with Gasteiger partial charge >= 0.3 is 6.55 Å². The fourth-order valence-corrected chi connectivity index (χ4v) is 3.07. The molecular formula is C17H17F2N5O2. The molecule has 0 saturated carbocycles. The number of aromatic nitrogens is 3. The van der Waals surface area contributed by atoms with E-state index in [4.69, 9.17) is 16.2 Å². The summed E-state index contributed by atoms with van der Waals surface area (Å²) >= 11 is 0. The van der Waals surface area contributed by atoms with Crippen molar-refractivity contribution < 1.29 is 18.3 Å². The molecule has 7 nitrogen and oxygen atoms in total. The Labute approximate surface area is 147 Å². The maximum Gasteiger partial charge on any atom is 0.321 e. The van der Waals surface area contributed by atoms with Crippen molar-refractivity contribution in [3.8, 4) is 16.9 Å². The number of fused-ring (bicyclic) bond motifs is 1. The standard InChI is InChI=1S/C17H17F2N5O2/c1-7-4-5-9(26-3)8(2)10(7)11-12(20)14(15(21)25)23-16-13(11)22-6-24(16)17(18)19/h4-6,17H,20H2,1-3H3,(H2,21,25). The third kappa shape index (κ3) is 2.52. The number of halogens is 2. The van der Waals surface area contributed by atoms with Crippen LogP contribution in [0.25, 0.3) is 22.3 Å². The second-order valence-corrected chi connectivity index (χ2v) is 5.80. The number of pyridine rings is 1. The van der Waals surface area contributed by atoms with Crippen LogP contribution in [-0.4, -0.2) is 27.6 Å². The number of nitrogens with two attached hydrogens (primary N) is 2. The van der Waals surface area contributed by atoms with Crippen LogP contribution in [0.4, 0.5) is 14.5 Å². The molecule has 0 unspecified atom stereocenters. The first-order valence-corrected chi connectivity index (χ1v) is 7.66. The summed E-state index contributed by atoms with van der Waals surface area (Å²) in [5, 5.41) is 0. The highest BCUT2D eigenvalue weighted by Gasteiger charge is 2.25. The molecule has 0 aliphatic carbocycles. The highest BCUT2D eigenvalue weighted by atomic mass is 19.3. The van der Waals surface area contributed by atoms with Gasteiger partial charge in [0.1, 0.15) is 17.6 Å². The molecule has 0 atom stereocenters. The topological polar surface area (TPSA) is 109 Å². The lowest BCUT2D eigenvalue weighted by atomic mass is 9.93. The molecule has 1 aromatic carbocycles. The van der Waals surface area contributed by atoms with Crippen molar-refractivity contribution in [2.45, 2.75) is 20.4 Å². The zero-order valence-corrected chi connectivity index (χ0v) is 14.4. The number of hydrogen-bond donors (Lipinski definition) is 2. The molecule has 1 amide bonds. The Balaban J connectivity index is 2.51. The van der Waals surface area contributed by atoms with Crippen LogP contribution in [-0.2, 0) is 0 Å². The number of amides is 1. The van der Waals surface area contributed by atoms with E-state index >= 15 is 0 Å². The molecule has 3 rings (SSSR count). The van der Waals surface area contributed by atoms with Gasteiger partial charge in [-0.05, 0) is 36.6 Å². The Morgan fingerprint density at radius 1 is 1.27 bits per heavy atom. The number of primary amides is 1. The summed E-state index contributed by atoms with van der Waals surface area (Å²) in [4.78, 5) is 19.8. The smallest absolute Gasteiger partial charge is 0.321 e. The number of nitrogen functional groups attached to an aromatic ring is 1. The van der Waals surface area contributed by atoms with Gasteiger partial charge in [0, 0.05) is 5.56 Å². The number of alkyl halides is 2. The van der Waals surface area contributed by atoms with Gasteiger partial charge in [0.2, 0.25) is 0 Å². The molecule has 0 aliphatic rings. The van der Waals surface area contributed by atoms with Gasteiger partial charge in [-0.1, -0.05) is 6.07 Å². The van der Waals surface area contributed by atoms with E-state index in [1.807, 2.05) is 6.92 Å². The van der Waals surface area contributed by atoms with E-state index < -0.39 is 12.5 Å². The van der Waals surface area contributed by atoms with E-state index in [1.165, 1.54) is 7.11 Å². The number of carbonyl (C=O) groups excluding carboxylic acids is 1. The van der Waals surface area contributed by atoms with Crippen molar-refractivity contribution >= 4 is 22.8 Å². The van der Waals surface area contributed by atoms with Gasteiger partial charge in [-0.25, -0.2) is 9.97 Å². The number of ether oxygens (including phenoxy) is 1. The Morgan fingerprint density at radius 3 is 2.54 bits per heavy atom. The molecule has 0 bridgehead atoms. The van der Waals surface area contributed by atoms with Gasteiger partial charge in [-0.15, -0.1) is 0 Å². The molecule has 0 radical (unpaired) electrons. The summed E-state index contributed by atoms with van der Waals surface area (Å²) in [6, 6.07) is 3.59. The van der Waals surface area contributed by atoms with Crippen LogP contribution in [0.1, 0.15) is 28.2 Å². The van der Waals surface area contributed by atoms with Gasteiger partial charge in [0.05, 0.1) is 12.8 Å². The fraction of sp³-hybridized carbons (Fsp3) is 0.235. The van der Waals surface area contributed by atoms with Crippen molar-refractivity contribution in [1.82, 2.24) is 14.5 Å². The fourth-order valence-electron chi connectivity index (χ4n) is 3.07. The van der Waals surface area contributed by atoms with Gasteiger partial charge < -0.3 is 16.2 Å². The number of imidazole rings is 1. The zero-order valence-electron chi connectivity index (χ0n) is 14.4. The largest absolute Gasteiger partial charge is 0.496 e. The maximum absolute atomic E-state index is 13.3. The summed E-state index contributed by atoms with van der Waals surface area (Å²) in [7, 11) is 1.52. The Hall–Kier alpha value is -3.23. The minimum atomic E-state index is -2.88. The number of carbonyl (C=O) groups is 1. The minimum absolute atomic E-state index is 0.0102. The van der Waals surface area contributed by atoms with Crippen LogP contribution < -0.4 is 16.2 Å². The number of benzene rings is 1. The lowest BCUT2D eigenvalue weighted by Crippen LogP contribution is -2.17. The summed E-state index contributed by atoms with van der Waals surface area (Å²) in [5.41, 5.74) is 13.7. The van der Waals surface area contributed by atoms with E-state index in [-0.39, 0.29) is 22.5 Å². The monoisotopic (exact) mass is 361 g/mol. The maximum atomic E-state index is 13.3. The minimum Gasteiger partial charge on any atom is -0.496 e. The molecule has 2 aromatic heterocycles. The number of aryl methyl sites for hydroxylation is 1. The Kier molecular flexibility index (Phi) is 4.23. The predicted octanol–water partition coefficient (Wildman–Crippen LogP) is 2.80. The molecule has 26 heavy (non-hydrogen) atoms. The molecule has 2 heterocycles. The summed E-state index contributed by atoms with van der Waals surface area (Å²) in [6.45, 7) is 0.764. The van der Waals surface area contributed by atoms with Crippen molar-refractivity contribution in [3.63, 3.8) is 0 Å². The number of nitrogens with zero attached hydrogens (tertiary/aromatic N) is 3. The normalized spacial score (nSPS) is 11.3. The average molecular weight is 361 g/mol. The Morgan fingerprint density at radius 2 is 1.96 bits per heavy atom. The predicted molar refractivity (Wildman–Crippen MR) is 93.2 cm³/mol. The molecule has 0 aliphatic heterocycles. The van der Waals surface area contributed by atoms with Crippen molar-refractivity contribution in [2.75, 3.05) is 12.8 Å². The second-order valence-electron chi connectivity index (χ2n) is 5.80. The van der Waals surface area contributed by atoms with E-state index in [9.17, 15) is 13.6 Å². The van der Waals surface area contributed by atoms with Gasteiger partial charge in [0.25, 0.3) is 5.91 Å². The molecule has 136 valence electrons. The molecule has 0 spiro atoms. The third-order valence-electron chi connectivity index (χ3n) is 4.28. The molecule has 0 saturated heterocycles. The molecule has 4 N–H and O–H groups in total. The first-order valence-electron chi connectivity index (χ1n) is 7.66. The second kappa shape index (κ2) is 6.25. The highest BCUT2D eigenvalue weighted by molar-refractivity contribution is 6.07. The summed E-state index contributed by atoms with van der Waals surface area (Å²) < 4.78 is 32.5. The van der Waals surface area contributed by atoms with Crippen molar-refractivity contribution in [2.24, 2.45) is 5.73 Å². The molecular weight excluding hydrogens is 344 g/mol. The van der Waals surface area contributed by atoms with Crippen molar-refractivity contribution in [1.29, 1.82) is 0 Å². The van der Waals surface area contributed by atoms with E-state index in [0.717, 1.165) is 17.5 Å². The SMILES string of the molecule is COc1ccc(C)c(-c2c(N)c(C(N)=O)nc3c2ncn3C(F)F)c1C. The van der Waals surface area contributed by atoms with Gasteiger partial charge in [-0.2, -0.15) is 8.78 Å². The van der Waals surface area contributed by atoms with Crippen LogP contribution in [0.5, 0.6) is 5.75 Å². The molecule has 3 aromatic rings.